The Balaban J connectivity index is 2.00. The van der Waals surface area contributed by atoms with Gasteiger partial charge in [0.2, 0.25) is 11.4 Å². The number of aliphatic hydroxyl groups excluding tert-OH is 1. The molecule has 2 aliphatic heterocycles. The number of amides is 1. The molecule has 4 atom stereocenters. The minimum atomic E-state index is -1.31. The van der Waals surface area contributed by atoms with Crippen LogP contribution in [0.4, 0.5) is 0 Å². The van der Waals surface area contributed by atoms with E-state index < -0.39 is 29.6 Å². The van der Waals surface area contributed by atoms with E-state index in [9.17, 15) is 14.7 Å². The summed E-state index contributed by atoms with van der Waals surface area (Å²) in [5.41, 5.74) is -0.716. The van der Waals surface area contributed by atoms with Gasteiger partial charge in [0, 0.05) is 0 Å². The van der Waals surface area contributed by atoms with Gasteiger partial charge < -0.3 is 15.2 Å². The van der Waals surface area contributed by atoms with Gasteiger partial charge in [-0.15, -0.1) is 0 Å². The molecule has 0 aromatic heterocycles. The highest BCUT2D eigenvalue weighted by atomic mass is 16.6. The molecule has 2 saturated heterocycles. The van der Waals surface area contributed by atoms with Gasteiger partial charge in [0.25, 0.3) is 0 Å². The van der Waals surface area contributed by atoms with Gasteiger partial charge in [-0.25, -0.2) is 4.79 Å². The van der Waals surface area contributed by atoms with Crippen LogP contribution in [0.25, 0.3) is 0 Å². The maximum absolute atomic E-state index is 11.7. The van der Waals surface area contributed by atoms with Crippen molar-refractivity contribution in [2.45, 2.75) is 24.7 Å². The fourth-order valence-electron chi connectivity index (χ4n) is 2.67. The van der Waals surface area contributed by atoms with Gasteiger partial charge in [-0.1, -0.05) is 30.3 Å². The van der Waals surface area contributed by atoms with Crippen molar-refractivity contribution in [1.29, 1.82) is 0 Å². The Morgan fingerprint density at radius 3 is 2.56 bits per heavy atom. The molecule has 18 heavy (non-hydrogen) atoms. The second-order valence-electron chi connectivity index (χ2n) is 4.79. The lowest BCUT2D eigenvalue weighted by atomic mass is 9.77. The van der Waals surface area contributed by atoms with E-state index in [-0.39, 0.29) is 5.91 Å². The Hall–Kier alpha value is -1.88. The van der Waals surface area contributed by atoms with Crippen molar-refractivity contribution in [3.63, 3.8) is 0 Å². The number of fused-ring (bicyclic) bond motifs is 1. The molecule has 2 aliphatic rings. The van der Waals surface area contributed by atoms with E-state index >= 15 is 0 Å². The minimum absolute atomic E-state index is 0.263. The Morgan fingerprint density at radius 2 is 2.00 bits per heavy atom. The number of esters is 1. The van der Waals surface area contributed by atoms with Crippen LogP contribution < -0.4 is 5.32 Å². The highest BCUT2D eigenvalue weighted by Crippen LogP contribution is 2.46. The summed E-state index contributed by atoms with van der Waals surface area (Å²) in [6, 6.07) is 8.80. The first-order valence-corrected chi connectivity index (χ1v) is 5.83. The van der Waals surface area contributed by atoms with Crippen molar-refractivity contribution in [1.82, 2.24) is 5.32 Å². The third-order valence-corrected chi connectivity index (χ3v) is 3.76. The largest absolute Gasteiger partial charge is 0.456 e. The zero-order valence-corrected chi connectivity index (χ0v) is 9.79. The Morgan fingerprint density at radius 1 is 1.33 bits per heavy atom. The van der Waals surface area contributed by atoms with Gasteiger partial charge in [-0.2, -0.15) is 0 Å². The van der Waals surface area contributed by atoms with Crippen LogP contribution in [0.1, 0.15) is 18.6 Å². The van der Waals surface area contributed by atoms with E-state index in [0.717, 1.165) is 0 Å². The van der Waals surface area contributed by atoms with E-state index in [4.69, 9.17) is 4.74 Å². The van der Waals surface area contributed by atoms with Crippen LogP contribution in [0.3, 0.4) is 0 Å². The quantitative estimate of drug-likeness (QED) is 0.729. The molecule has 1 aromatic rings. The minimum Gasteiger partial charge on any atom is -0.456 e. The SMILES string of the molecule is C[C@H]1C(=O)N[C@]2([C@@H](O)c3ccccc3)C(=O)O[C@@H]12. The first-order chi connectivity index (χ1) is 8.57. The van der Waals surface area contributed by atoms with Crippen LogP contribution in [-0.4, -0.2) is 28.6 Å². The molecule has 0 aliphatic carbocycles. The summed E-state index contributed by atoms with van der Waals surface area (Å²) in [5, 5.41) is 13.0. The molecule has 0 spiro atoms. The highest BCUT2D eigenvalue weighted by Gasteiger charge is 2.70. The van der Waals surface area contributed by atoms with E-state index in [1.165, 1.54) is 0 Å². The van der Waals surface area contributed by atoms with E-state index in [1.807, 2.05) is 6.07 Å². The molecule has 0 saturated carbocycles. The first kappa shape index (κ1) is 11.2. The number of rotatable bonds is 2. The van der Waals surface area contributed by atoms with Crippen molar-refractivity contribution in [2.24, 2.45) is 5.92 Å². The van der Waals surface area contributed by atoms with Crippen molar-refractivity contribution < 1.29 is 19.4 Å². The van der Waals surface area contributed by atoms with E-state index in [1.54, 1.807) is 31.2 Å². The predicted octanol–water partition coefficient (Wildman–Crippen LogP) is 0.150. The Labute approximate surface area is 104 Å². The van der Waals surface area contributed by atoms with Crippen molar-refractivity contribution >= 4 is 11.9 Å². The average molecular weight is 247 g/mol. The predicted molar refractivity (Wildman–Crippen MR) is 61.3 cm³/mol. The van der Waals surface area contributed by atoms with Crippen LogP contribution in [0.2, 0.25) is 0 Å². The van der Waals surface area contributed by atoms with Gasteiger partial charge >= 0.3 is 5.97 Å². The molecule has 0 radical (unpaired) electrons. The van der Waals surface area contributed by atoms with Gasteiger partial charge in [-0.05, 0) is 12.5 Å². The number of hydrogen-bond acceptors (Lipinski definition) is 4. The first-order valence-electron chi connectivity index (χ1n) is 5.83. The lowest BCUT2D eigenvalue weighted by Gasteiger charge is -2.45. The summed E-state index contributed by atoms with van der Waals surface area (Å²) in [6.07, 6.45) is -1.67. The summed E-state index contributed by atoms with van der Waals surface area (Å²) in [5.74, 6) is -1.26. The molecule has 1 amide bonds. The van der Waals surface area contributed by atoms with E-state index in [2.05, 4.69) is 5.32 Å². The smallest absolute Gasteiger partial charge is 0.339 e. The Kier molecular flexibility index (Phi) is 2.22. The average Bonchev–Trinajstić information content (AvgIpc) is 2.60. The molecular formula is C13H13NO4. The zero-order valence-electron chi connectivity index (χ0n) is 9.79. The number of ether oxygens (including phenoxy) is 1. The molecule has 5 nitrogen and oxygen atoms in total. The van der Waals surface area contributed by atoms with Gasteiger partial charge in [0.05, 0.1) is 5.92 Å². The third-order valence-electron chi connectivity index (χ3n) is 3.76. The van der Waals surface area contributed by atoms with Crippen LogP contribution in [0.15, 0.2) is 30.3 Å². The zero-order chi connectivity index (χ0) is 12.9. The molecule has 94 valence electrons. The topological polar surface area (TPSA) is 75.6 Å². The third kappa shape index (κ3) is 1.19. The molecule has 3 rings (SSSR count). The van der Waals surface area contributed by atoms with Crippen LogP contribution in [-0.2, 0) is 14.3 Å². The molecule has 0 bridgehead atoms. The lowest BCUT2D eigenvalue weighted by molar-refractivity contribution is -0.204. The fourth-order valence-corrected chi connectivity index (χ4v) is 2.67. The highest BCUT2D eigenvalue weighted by molar-refractivity contribution is 5.99. The molecule has 5 heteroatoms. The monoisotopic (exact) mass is 247 g/mol. The fraction of sp³-hybridized carbons (Fsp3) is 0.385. The van der Waals surface area contributed by atoms with E-state index in [0.29, 0.717) is 5.56 Å². The summed E-state index contributed by atoms with van der Waals surface area (Å²) >= 11 is 0. The van der Waals surface area contributed by atoms with Crippen molar-refractivity contribution in [3.05, 3.63) is 35.9 Å². The molecule has 0 unspecified atom stereocenters. The second kappa shape index (κ2) is 3.55. The molecule has 2 heterocycles. The Bertz CT molecular complexity index is 515. The van der Waals surface area contributed by atoms with Crippen LogP contribution in [0, 0.1) is 5.92 Å². The maximum atomic E-state index is 11.7. The number of carbonyl (C=O) groups is 2. The van der Waals surface area contributed by atoms with Gasteiger partial charge in [0.15, 0.2) is 0 Å². The van der Waals surface area contributed by atoms with Crippen molar-refractivity contribution in [2.75, 3.05) is 0 Å². The molecule has 1 aromatic carbocycles. The maximum Gasteiger partial charge on any atom is 0.339 e. The molecule has 2 fully saturated rings. The lowest BCUT2D eigenvalue weighted by Crippen LogP contribution is -2.69. The number of aliphatic hydroxyl groups is 1. The number of benzene rings is 1. The summed E-state index contributed by atoms with van der Waals surface area (Å²) < 4.78 is 5.01. The van der Waals surface area contributed by atoms with Gasteiger partial charge in [-0.3, -0.25) is 4.79 Å². The number of carbonyl (C=O) groups excluding carboxylic acids is 2. The molecule has 2 N–H and O–H groups in total. The normalized spacial score (nSPS) is 35.2. The molecular weight excluding hydrogens is 234 g/mol. The van der Waals surface area contributed by atoms with Crippen LogP contribution >= 0.6 is 0 Å². The standard InChI is InChI=1S/C13H13NO4/c1-7-10-13(12(17)18-10,14-11(7)16)9(15)8-5-3-2-4-6-8/h2-7,9-10,15H,1H3,(H,14,16)/t7-,9+,10+,13+/m1/s1. The number of hydrogen-bond donors (Lipinski definition) is 2. The number of nitrogens with one attached hydrogen (secondary N) is 1. The summed E-state index contributed by atoms with van der Waals surface area (Å²) in [6.45, 7) is 1.69. The van der Waals surface area contributed by atoms with Crippen LogP contribution in [0.5, 0.6) is 0 Å². The van der Waals surface area contributed by atoms with Gasteiger partial charge in [0.1, 0.15) is 12.2 Å². The van der Waals surface area contributed by atoms with Crippen molar-refractivity contribution in [3.8, 4) is 0 Å². The summed E-state index contributed by atoms with van der Waals surface area (Å²) in [7, 11) is 0. The second-order valence-corrected chi connectivity index (χ2v) is 4.79. The summed E-state index contributed by atoms with van der Waals surface area (Å²) in [4.78, 5) is 23.4.